The summed E-state index contributed by atoms with van der Waals surface area (Å²) >= 11 is 0. The van der Waals surface area contributed by atoms with Crippen molar-refractivity contribution in [1.82, 2.24) is 5.43 Å². The van der Waals surface area contributed by atoms with Gasteiger partial charge >= 0.3 is 6.09 Å². The Labute approximate surface area is 184 Å². The van der Waals surface area contributed by atoms with E-state index in [0.717, 1.165) is 17.7 Å². The number of amidine groups is 1. The van der Waals surface area contributed by atoms with Crippen LogP contribution in [0.15, 0.2) is 47.5 Å². The van der Waals surface area contributed by atoms with Crippen LogP contribution in [0.25, 0.3) is 0 Å². The first kappa shape index (κ1) is 22.7. The standard InChI is InChI=1S/C22H24FN5O4/c1-13-5-8-15(9-6-13)28-18(29)12-24-19(27-28)20(30)25-17-11-14(23)7-10-16(17)26-21(31)32-22(2,3)4/h5-11H,12H2,1-4H3,(H,24,27)(H,25,30)(H,26,31). The molecular formula is C22H24FN5O4. The molecule has 9 nitrogen and oxygen atoms in total. The van der Waals surface area contributed by atoms with Crippen molar-refractivity contribution >= 4 is 40.8 Å². The van der Waals surface area contributed by atoms with E-state index in [-0.39, 0.29) is 29.7 Å². The van der Waals surface area contributed by atoms with Crippen molar-refractivity contribution in [3.05, 3.63) is 53.8 Å². The van der Waals surface area contributed by atoms with Gasteiger partial charge in [0.05, 0.1) is 17.1 Å². The fourth-order valence-corrected chi connectivity index (χ4v) is 2.77. The van der Waals surface area contributed by atoms with Crippen molar-refractivity contribution in [2.75, 3.05) is 22.2 Å². The zero-order valence-electron chi connectivity index (χ0n) is 18.2. The Morgan fingerprint density at radius 2 is 1.78 bits per heavy atom. The molecule has 0 atom stereocenters. The maximum Gasteiger partial charge on any atom is 0.412 e. The first-order valence-electron chi connectivity index (χ1n) is 9.83. The number of benzene rings is 2. The number of hydrogen-bond acceptors (Lipinski definition) is 6. The van der Waals surface area contributed by atoms with Gasteiger partial charge in [-0.3, -0.25) is 25.3 Å². The van der Waals surface area contributed by atoms with E-state index in [1.54, 1.807) is 32.9 Å². The van der Waals surface area contributed by atoms with Crippen molar-refractivity contribution in [2.24, 2.45) is 4.99 Å². The second kappa shape index (κ2) is 9.04. The zero-order chi connectivity index (χ0) is 23.5. The molecule has 2 aromatic rings. The van der Waals surface area contributed by atoms with E-state index in [2.05, 4.69) is 21.1 Å². The lowest BCUT2D eigenvalue weighted by atomic mass is 10.2. The number of rotatable bonds is 4. The molecule has 0 bridgehead atoms. The van der Waals surface area contributed by atoms with Gasteiger partial charge in [-0.05, 0) is 58.0 Å². The molecule has 1 heterocycles. The minimum atomic E-state index is -0.760. The third-order valence-corrected chi connectivity index (χ3v) is 4.21. The summed E-state index contributed by atoms with van der Waals surface area (Å²) in [7, 11) is 0. The summed E-state index contributed by atoms with van der Waals surface area (Å²) in [5, 5.41) is 6.20. The first-order chi connectivity index (χ1) is 15.0. The van der Waals surface area contributed by atoms with Crippen LogP contribution in [-0.4, -0.2) is 35.9 Å². The van der Waals surface area contributed by atoms with Crippen LogP contribution >= 0.6 is 0 Å². The lowest BCUT2D eigenvalue weighted by Crippen LogP contribution is -2.54. The normalized spacial score (nSPS) is 13.7. The molecule has 1 aliphatic rings. The highest BCUT2D eigenvalue weighted by Crippen LogP contribution is 2.24. The Morgan fingerprint density at radius 3 is 2.44 bits per heavy atom. The molecule has 0 saturated carbocycles. The molecule has 32 heavy (non-hydrogen) atoms. The van der Waals surface area contributed by atoms with Gasteiger partial charge in [-0.2, -0.15) is 0 Å². The summed E-state index contributed by atoms with van der Waals surface area (Å²) < 4.78 is 19.0. The van der Waals surface area contributed by atoms with Crippen LogP contribution in [-0.2, 0) is 14.3 Å². The maximum atomic E-state index is 13.8. The van der Waals surface area contributed by atoms with Crippen molar-refractivity contribution in [1.29, 1.82) is 0 Å². The van der Waals surface area contributed by atoms with E-state index in [4.69, 9.17) is 4.74 Å². The molecule has 3 amide bonds. The predicted octanol–water partition coefficient (Wildman–Crippen LogP) is 3.37. The van der Waals surface area contributed by atoms with Crippen molar-refractivity contribution in [2.45, 2.75) is 33.3 Å². The summed E-state index contributed by atoms with van der Waals surface area (Å²) in [5.74, 6) is -1.82. The van der Waals surface area contributed by atoms with Gasteiger partial charge in [0.15, 0.2) is 0 Å². The molecule has 3 N–H and O–H groups in total. The fourth-order valence-electron chi connectivity index (χ4n) is 2.77. The van der Waals surface area contributed by atoms with Crippen LogP contribution in [0.2, 0.25) is 0 Å². The highest BCUT2D eigenvalue weighted by molar-refractivity contribution is 6.43. The molecule has 0 fully saturated rings. The number of anilines is 3. The highest BCUT2D eigenvalue weighted by atomic mass is 19.1. The van der Waals surface area contributed by atoms with Crippen LogP contribution in [0, 0.1) is 12.7 Å². The fraction of sp³-hybridized carbons (Fsp3) is 0.273. The zero-order valence-corrected chi connectivity index (χ0v) is 18.2. The summed E-state index contributed by atoms with van der Waals surface area (Å²) in [4.78, 5) is 41.1. The first-order valence-corrected chi connectivity index (χ1v) is 9.83. The molecule has 168 valence electrons. The van der Waals surface area contributed by atoms with E-state index in [1.165, 1.54) is 11.1 Å². The number of aliphatic imine (C=N–C) groups is 1. The van der Waals surface area contributed by atoms with E-state index in [9.17, 15) is 18.8 Å². The summed E-state index contributed by atoms with van der Waals surface area (Å²) in [5.41, 5.74) is 3.64. The topological polar surface area (TPSA) is 112 Å². The Morgan fingerprint density at radius 1 is 1.09 bits per heavy atom. The van der Waals surface area contributed by atoms with Gasteiger partial charge in [0.25, 0.3) is 11.8 Å². The summed E-state index contributed by atoms with van der Waals surface area (Å²) in [6, 6.07) is 10.6. The summed E-state index contributed by atoms with van der Waals surface area (Å²) in [6.07, 6.45) is -0.760. The van der Waals surface area contributed by atoms with Crippen LogP contribution in [0.4, 0.5) is 26.2 Å². The Kier molecular flexibility index (Phi) is 6.42. The molecule has 0 aromatic heterocycles. The number of nitrogens with one attached hydrogen (secondary N) is 3. The Bertz CT molecular complexity index is 1080. The smallest absolute Gasteiger partial charge is 0.412 e. The van der Waals surface area contributed by atoms with E-state index >= 15 is 0 Å². The number of carbonyl (C=O) groups excluding carboxylic acids is 3. The van der Waals surface area contributed by atoms with E-state index in [1.807, 2.05) is 19.1 Å². The maximum absolute atomic E-state index is 13.8. The van der Waals surface area contributed by atoms with Gasteiger partial charge in [-0.1, -0.05) is 17.7 Å². The third-order valence-electron chi connectivity index (χ3n) is 4.21. The second-order valence-electron chi connectivity index (χ2n) is 8.11. The Hall–Kier alpha value is -3.95. The number of halogens is 1. The second-order valence-corrected chi connectivity index (χ2v) is 8.11. The molecule has 0 radical (unpaired) electrons. The SMILES string of the molecule is Cc1ccc(N2NC(C(=O)Nc3cc(F)ccc3NC(=O)OC(C)(C)C)=NCC2=O)cc1. The van der Waals surface area contributed by atoms with Gasteiger partial charge in [-0.15, -0.1) is 0 Å². The number of amides is 3. The largest absolute Gasteiger partial charge is 0.444 e. The Balaban J connectivity index is 1.76. The lowest BCUT2D eigenvalue weighted by molar-refractivity contribution is -0.118. The molecular weight excluding hydrogens is 417 g/mol. The number of hydrogen-bond donors (Lipinski definition) is 3. The monoisotopic (exact) mass is 441 g/mol. The molecule has 1 aliphatic heterocycles. The minimum Gasteiger partial charge on any atom is -0.444 e. The average molecular weight is 441 g/mol. The molecule has 10 heteroatoms. The van der Waals surface area contributed by atoms with E-state index in [0.29, 0.717) is 5.69 Å². The number of ether oxygens (including phenoxy) is 1. The van der Waals surface area contributed by atoms with Crippen molar-refractivity contribution in [3.63, 3.8) is 0 Å². The molecule has 2 aromatic carbocycles. The van der Waals surface area contributed by atoms with Gasteiger partial charge < -0.3 is 10.1 Å². The van der Waals surface area contributed by atoms with E-state index < -0.39 is 23.4 Å². The van der Waals surface area contributed by atoms with Crippen molar-refractivity contribution in [3.8, 4) is 0 Å². The quantitative estimate of drug-likeness (QED) is 0.674. The van der Waals surface area contributed by atoms with Crippen molar-refractivity contribution < 1.29 is 23.5 Å². The van der Waals surface area contributed by atoms with Gasteiger partial charge in [-0.25, -0.2) is 14.2 Å². The average Bonchev–Trinajstić information content (AvgIpc) is 2.69. The number of carbonyl (C=O) groups is 3. The molecule has 0 spiro atoms. The van der Waals surface area contributed by atoms with Crippen LogP contribution in [0.1, 0.15) is 26.3 Å². The number of nitrogens with zero attached hydrogens (tertiary/aromatic N) is 2. The van der Waals surface area contributed by atoms with Crippen LogP contribution < -0.4 is 21.1 Å². The van der Waals surface area contributed by atoms with Gasteiger partial charge in [0, 0.05) is 0 Å². The highest BCUT2D eigenvalue weighted by Gasteiger charge is 2.26. The molecule has 0 unspecified atom stereocenters. The summed E-state index contributed by atoms with van der Waals surface area (Å²) in [6.45, 7) is 6.78. The van der Waals surface area contributed by atoms with Gasteiger partial charge in [0.1, 0.15) is 18.0 Å². The third kappa shape index (κ3) is 5.81. The number of hydrazine groups is 1. The predicted molar refractivity (Wildman–Crippen MR) is 119 cm³/mol. The van der Waals surface area contributed by atoms with Crippen LogP contribution in [0.5, 0.6) is 0 Å². The van der Waals surface area contributed by atoms with Gasteiger partial charge in [0.2, 0.25) is 5.84 Å². The molecule has 0 saturated heterocycles. The van der Waals surface area contributed by atoms with Crippen LogP contribution in [0.3, 0.4) is 0 Å². The lowest BCUT2D eigenvalue weighted by Gasteiger charge is -2.27. The molecule has 0 aliphatic carbocycles. The molecule has 3 rings (SSSR count). The minimum absolute atomic E-state index is 0.00384. The number of aryl methyl sites for hydroxylation is 1.